The summed E-state index contributed by atoms with van der Waals surface area (Å²) in [5.74, 6) is 1.84. The number of methoxy groups -OCH3 is 1. The van der Waals surface area contributed by atoms with Crippen molar-refractivity contribution in [1.82, 2.24) is 15.0 Å². The summed E-state index contributed by atoms with van der Waals surface area (Å²) in [5, 5.41) is 4.05. The van der Waals surface area contributed by atoms with E-state index in [1.807, 2.05) is 23.0 Å². The number of rotatable bonds is 10. The zero-order valence-corrected chi connectivity index (χ0v) is 30.3. The summed E-state index contributed by atoms with van der Waals surface area (Å²) in [6.07, 6.45) is 6.50. The molecule has 1 spiro atoms. The first-order valence-corrected chi connectivity index (χ1v) is 19.6. The Morgan fingerprint density at radius 2 is 1.89 bits per heavy atom. The molecule has 3 aromatic rings. The molecule has 0 bridgehead atoms. The molecule has 1 radical (unpaired) electrons. The number of hydrogen-bond acceptors (Lipinski definition) is 10. The number of pyridine rings is 1. The highest BCUT2D eigenvalue weighted by atomic mass is 35.5. The van der Waals surface area contributed by atoms with Crippen molar-refractivity contribution in [2.45, 2.75) is 64.1 Å². The Labute approximate surface area is 285 Å². The molecule has 1 unspecified atom stereocenters. The summed E-state index contributed by atoms with van der Waals surface area (Å²) in [4.78, 5) is 29.9. The largest absolute Gasteiger partial charge is 0.494 e. The van der Waals surface area contributed by atoms with Crippen LogP contribution in [0.3, 0.4) is 0 Å². The SMILES string of the molecule is COc1cc(N2CC3(CCOCC3)C2)c(Cl)cc1Nc1nccc(-c2cnc3c(c2)C(C)(CO[Si](C)(C)C(C)(C)C)CN3[B]C=O)n1. The summed E-state index contributed by atoms with van der Waals surface area (Å²) in [5.41, 5.74) is 4.19. The number of ether oxygens (including phenoxy) is 2. The monoisotopic (exact) mass is 675 g/mol. The van der Waals surface area contributed by atoms with E-state index in [0.717, 1.165) is 68.0 Å². The van der Waals surface area contributed by atoms with Gasteiger partial charge in [-0.2, -0.15) is 0 Å². The van der Waals surface area contributed by atoms with Crippen LogP contribution >= 0.6 is 11.6 Å². The summed E-state index contributed by atoms with van der Waals surface area (Å²) < 4.78 is 18.1. The molecule has 6 rings (SSSR count). The van der Waals surface area contributed by atoms with Gasteiger partial charge in [-0.3, -0.25) is 0 Å². The Morgan fingerprint density at radius 1 is 1.15 bits per heavy atom. The molecule has 0 amide bonds. The number of hydrogen-bond donors (Lipinski definition) is 1. The van der Waals surface area contributed by atoms with Crippen LogP contribution in [0.5, 0.6) is 5.75 Å². The van der Waals surface area contributed by atoms with Gasteiger partial charge in [-0.15, -0.1) is 0 Å². The second kappa shape index (κ2) is 12.7. The van der Waals surface area contributed by atoms with Gasteiger partial charge in [0.2, 0.25) is 5.95 Å². The van der Waals surface area contributed by atoms with Gasteiger partial charge in [0.1, 0.15) is 17.8 Å². The molecule has 2 fully saturated rings. The summed E-state index contributed by atoms with van der Waals surface area (Å²) in [6.45, 7) is 18.2. The fourth-order valence-electron chi connectivity index (χ4n) is 6.49. The highest BCUT2D eigenvalue weighted by Gasteiger charge is 2.46. The van der Waals surface area contributed by atoms with E-state index in [4.69, 9.17) is 35.5 Å². The summed E-state index contributed by atoms with van der Waals surface area (Å²) in [7, 11) is 1.19. The quantitative estimate of drug-likeness (QED) is 0.190. The van der Waals surface area contributed by atoms with Gasteiger partial charge in [-0.05, 0) is 49.2 Å². The van der Waals surface area contributed by atoms with Crippen molar-refractivity contribution < 1.29 is 18.7 Å². The molecule has 1 aromatic carbocycles. The van der Waals surface area contributed by atoms with Crippen molar-refractivity contribution in [2.24, 2.45) is 5.41 Å². The number of halogens is 1. The van der Waals surface area contributed by atoms with Crippen LogP contribution in [-0.2, 0) is 19.4 Å². The van der Waals surface area contributed by atoms with E-state index in [1.54, 1.807) is 26.9 Å². The van der Waals surface area contributed by atoms with Crippen LogP contribution in [0.4, 0.5) is 23.1 Å². The average Bonchev–Trinajstić information content (AvgIpc) is 3.30. The number of nitrogens with one attached hydrogen (secondary N) is 1. The van der Waals surface area contributed by atoms with Crippen LogP contribution < -0.4 is 19.8 Å². The van der Waals surface area contributed by atoms with Crippen LogP contribution in [0.1, 0.15) is 46.1 Å². The molecule has 0 aliphatic carbocycles. The molecule has 2 saturated heterocycles. The first kappa shape index (κ1) is 33.7. The minimum Gasteiger partial charge on any atom is -0.494 e. The predicted octanol–water partition coefficient (Wildman–Crippen LogP) is 6.47. The summed E-state index contributed by atoms with van der Waals surface area (Å²) >= 11 is 6.83. The third-order valence-electron chi connectivity index (χ3n) is 10.5. The van der Waals surface area contributed by atoms with Gasteiger partial charge in [-0.25, -0.2) is 15.0 Å². The fraction of sp³-hybridized carbons (Fsp3) is 0.529. The van der Waals surface area contributed by atoms with Gasteiger partial charge >= 0.3 is 7.41 Å². The van der Waals surface area contributed by atoms with Crippen LogP contribution in [0.2, 0.25) is 23.2 Å². The molecule has 5 heterocycles. The second-order valence-electron chi connectivity index (χ2n) is 15.0. The fourth-order valence-corrected chi connectivity index (χ4v) is 7.88. The third kappa shape index (κ3) is 6.62. The molecule has 2 aromatic heterocycles. The Kier molecular flexibility index (Phi) is 9.10. The van der Waals surface area contributed by atoms with Crippen molar-refractivity contribution in [2.75, 3.05) is 61.6 Å². The number of carbonyl (C=O) groups excluding carboxylic acids is 1. The number of fused-ring (bicyclic) bond motifs is 1. The van der Waals surface area contributed by atoms with Crippen LogP contribution in [-0.4, -0.2) is 83.4 Å². The summed E-state index contributed by atoms with van der Waals surface area (Å²) in [6, 6.07) is 7.85. The molecule has 47 heavy (non-hydrogen) atoms. The van der Waals surface area contributed by atoms with Gasteiger partial charge in [0, 0.05) is 79.9 Å². The molecule has 0 saturated carbocycles. The molecule has 3 aliphatic rings. The van der Waals surface area contributed by atoms with Gasteiger partial charge in [0.25, 0.3) is 0 Å². The molecule has 1 N–H and O–H groups in total. The minimum atomic E-state index is -2.01. The van der Waals surface area contributed by atoms with E-state index >= 15 is 0 Å². The standard InChI is InChI=1S/C34H45BClN6O4Si/c1-32(2,3)47(6,7)46-21-33(4)18-42(35-22-43)30-24(33)14-23(17-38-30)26-8-11-37-31(39-26)40-27-15-25(36)28(16-29(27)44-5)41-19-34(20-41)9-12-45-13-10-34/h8,11,14-17,22H,9-10,12-13,18-21H2,1-7H3,(H,37,39,40). The second-order valence-corrected chi connectivity index (χ2v) is 20.2. The lowest BCUT2D eigenvalue weighted by molar-refractivity contribution is -0.000194. The highest BCUT2D eigenvalue weighted by molar-refractivity contribution is 6.74. The zero-order valence-electron chi connectivity index (χ0n) is 28.5. The Morgan fingerprint density at radius 3 is 2.57 bits per heavy atom. The maximum atomic E-state index is 11.5. The normalized spacial score (nSPS) is 20.5. The van der Waals surface area contributed by atoms with Crippen molar-refractivity contribution in [3.05, 3.63) is 47.2 Å². The van der Waals surface area contributed by atoms with E-state index in [-0.39, 0.29) is 10.5 Å². The molecule has 1 atom stereocenters. The van der Waals surface area contributed by atoms with Gasteiger partial charge in [0.15, 0.2) is 8.32 Å². The average molecular weight is 676 g/mol. The number of benzene rings is 1. The lowest BCUT2D eigenvalue weighted by Crippen LogP contribution is -2.58. The third-order valence-corrected chi connectivity index (χ3v) is 15.3. The first-order chi connectivity index (χ1) is 22.3. The molecule has 13 heteroatoms. The zero-order chi connectivity index (χ0) is 33.6. The predicted molar refractivity (Wildman–Crippen MR) is 192 cm³/mol. The Bertz CT molecular complexity index is 1640. The van der Waals surface area contributed by atoms with E-state index in [1.165, 1.54) is 0 Å². The van der Waals surface area contributed by atoms with Crippen molar-refractivity contribution in [1.29, 1.82) is 0 Å². The van der Waals surface area contributed by atoms with Crippen molar-refractivity contribution in [3.8, 4) is 17.0 Å². The number of aromatic nitrogens is 3. The molecule has 3 aliphatic heterocycles. The van der Waals surface area contributed by atoms with Crippen LogP contribution in [0.15, 0.2) is 36.7 Å². The lowest BCUT2D eigenvalue weighted by Gasteiger charge is -2.53. The van der Waals surface area contributed by atoms with E-state index < -0.39 is 8.32 Å². The van der Waals surface area contributed by atoms with Crippen LogP contribution in [0, 0.1) is 5.41 Å². The van der Waals surface area contributed by atoms with Crippen LogP contribution in [0.25, 0.3) is 11.3 Å². The molecule has 10 nitrogen and oxygen atoms in total. The van der Waals surface area contributed by atoms with Crippen molar-refractivity contribution in [3.63, 3.8) is 0 Å². The van der Waals surface area contributed by atoms with E-state index in [2.05, 4.69) is 62.1 Å². The Balaban J connectivity index is 1.24. The maximum absolute atomic E-state index is 11.5. The molecular formula is C34H45BClN6O4Si. The topological polar surface area (TPSA) is 102 Å². The Hall–Kier alpha value is -3.19. The van der Waals surface area contributed by atoms with E-state index in [0.29, 0.717) is 46.7 Å². The van der Waals surface area contributed by atoms with Gasteiger partial charge in [0.05, 0.1) is 29.2 Å². The highest BCUT2D eigenvalue weighted by Crippen LogP contribution is 2.47. The maximum Gasteiger partial charge on any atom is 0.330 e. The van der Waals surface area contributed by atoms with Gasteiger partial charge < -0.3 is 33.7 Å². The van der Waals surface area contributed by atoms with Gasteiger partial charge in [-0.1, -0.05) is 39.3 Å². The molecule has 249 valence electrons. The first-order valence-electron chi connectivity index (χ1n) is 16.3. The lowest BCUT2D eigenvalue weighted by atomic mass is 9.73. The van der Waals surface area contributed by atoms with E-state index in [9.17, 15) is 4.79 Å². The molecular weight excluding hydrogens is 631 g/mol. The number of nitrogens with zero attached hydrogens (tertiary/aromatic N) is 5. The number of anilines is 4. The van der Waals surface area contributed by atoms with Crippen molar-refractivity contribution >= 4 is 56.7 Å². The number of carbonyl (C=O) groups is 1. The smallest absolute Gasteiger partial charge is 0.330 e. The minimum absolute atomic E-state index is 0.0829.